The molecule has 5 nitrogen and oxygen atoms in total. The van der Waals surface area contributed by atoms with Crippen molar-refractivity contribution in [3.8, 4) is 0 Å². The zero-order valence-corrected chi connectivity index (χ0v) is 13.3. The SMILES string of the molecule is C=C(C)[C@H]1CN(C(=O)OC(C)(C)C)C[C@H]1COCOC. The Balaban J connectivity index is 2.60. The average Bonchev–Trinajstić information content (AvgIpc) is 2.71. The van der Waals surface area contributed by atoms with E-state index in [1.165, 1.54) is 0 Å². The van der Waals surface area contributed by atoms with E-state index in [0.717, 1.165) is 5.57 Å². The van der Waals surface area contributed by atoms with Gasteiger partial charge < -0.3 is 19.1 Å². The fourth-order valence-electron chi connectivity index (χ4n) is 2.36. The second kappa shape index (κ2) is 7.09. The number of rotatable bonds is 5. The maximum absolute atomic E-state index is 12.1. The van der Waals surface area contributed by atoms with E-state index in [4.69, 9.17) is 14.2 Å². The molecule has 1 heterocycles. The number of hydrogen-bond acceptors (Lipinski definition) is 4. The third kappa shape index (κ3) is 5.13. The second-order valence-electron chi connectivity index (χ2n) is 6.38. The van der Waals surface area contributed by atoms with E-state index < -0.39 is 5.60 Å². The molecule has 0 unspecified atom stereocenters. The Morgan fingerprint density at radius 1 is 1.35 bits per heavy atom. The Kier molecular flexibility index (Phi) is 6.02. The van der Waals surface area contributed by atoms with Crippen molar-refractivity contribution < 1.29 is 19.0 Å². The van der Waals surface area contributed by atoms with Gasteiger partial charge in [-0.2, -0.15) is 0 Å². The molecule has 0 spiro atoms. The lowest BCUT2D eigenvalue weighted by atomic mass is 9.91. The quantitative estimate of drug-likeness (QED) is 0.443. The molecule has 20 heavy (non-hydrogen) atoms. The van der Waals surface area contributed by atoms with Crippen LogP contribution < -0.4 is 0 Å². The van der Waals surface area contributed by atoms with Crippen molar-refractivity contribution in [3.05, 3.63) is 12.2 Å². The molecule has 1 fully saturated rings. The van der Waals surface area contributed by atoms with Gasteiger partial charge in [-0.25, -0.2) is 4.79 Å². The summed E-state index contributed by atoms with van der Waals surface area (Å²) < 4.78 is 15.7. The van der Waals surface area contributed by atoms with E-state index in [1.807, 2.05) is 27.7 Å². The summed E-state index contributed by atoms with van der Waals surface area (Å²) >= 11 is 0. The van der Waals surface area contributed by atoms with Gasteiger partial charge in [0, 0.05) is 32.0 Å². The smallest absolute Gasteiger partial charge is 0.410 e. The van der Waals surface area contributed by atoms with E-state index in [9.17, 15) is 4.79 Å². The van der Waals surface area contributed by atoms with Crippen LogP contribution in [-0.4, -0.2) is 50.2 Å². The van der Waals surface area contributed by atoms with Crippen molar-refractivity contribution in [1.82, 2.24) is 4.90 Å². The number of likely N-dealkylation sites (tertiary alicyclic amines) is 1. The Morgan fingerprint density at radius 2 is 2.00 bits per heavy atom. The van der Waals surface area contributed by atoms with Crippen molar-refractivity contribution in [3.63, 3.8) is 0 Å². The van der Waals surface area contributed by atoms with Crippen LogP contribution in [0.1, 0.15) is 27.7 Å². The van der Waals surface area contributed by atoms with Crippen molar-refractivity contribution in [1.29, 1.82) is 0 Å². The zero-order valence-electron chi connectivity index (χ0n) is 13.3. The predicted molar refractivity (Wildman–Crippen MR) is 77.4 cm³/mol. The first-order valence-electron chi connectivity index (χ1n) is 6.94. The number of ether oxygens (including phenoxy) is 3. The van der Waals surface area contributed by atoms with Crippen LogP contribution in [0.2, 0.25) is 0 Å². The molecule has 2 atom stereocenters. The number of hydrogen-bond donors (Lipinski definition) is 0. The van der Waals surface area contributed by atoms with Crippen molar-refractivity contribution in [2.45, 2.75) is 33.3 Å². The van der Waals surface area contributed by atoms with Crippen molar-refractivity contribution in [2.75, 3.05) is 33.6 Å². The van der Waals surface area contributed by atoms with Gasteiger partial charge in [-0.15, -0.1) is 0 Å². The molecule has 0 aromatic carbocycles. The Morgan fingerprint density at radius 3 is 2.50 bits per heavy atom. The minimum atomic E-state index is -0.472. The zero-order chi connectivity index (χ0) is 15.3. The largest absolute Gasteiger partial charge is 0.444 e. The first-order chi connectivity index (χ1) is 9.24. The highest BCUT2D eigenvalue weighted by molar-refractivity contribution is 5.68. The van der Waals surface area contributed by atoms with Gasteiger partial charge in [-0.1, -0.05) is 12.2 Å². The molecule has 1 aliphatic rings. The number of amides is 1. The Hall–Kier alpha value is -1.07. The fraction of sp³-hybridized carbons (Fsp3) is 0.800. The van der Waals surface area contributed by atoms with E-state index in [2.05, 4.69) is 6.58 Å². The molecule has 1 saturated heterocycles. The van der Waals surface area contributed by atoms with Crippen molar-refractivity contribution >= 4 is 6.09 Å². The summed E-state index contributed by atoms with van der Waals surface area (Å²) in [4.78, 5) is 13.9. The van der Waals surface area contributed by atoms with Crippen LogP contribution in [0.15, 0.2) is 12.2 Å². The minimum absolute atomic E-state index is 0.246. The van der Waals surface area contributed by atoms with Gasteiger partial charge in [0.2, 0.25) is 0 Å². The number of carbonyl (C=O) groups is 1. The Labute approximate surface area is 121 Å². The molecule has 0 N–H and O–H groups in total. The summed E-state index contributed by atoms with van der Waals surface area (Å²) in [5.41, 5.74) is 0.600. The highest BCUT2D eigenvalue weighted by atomic mass is 16.7. The van der Waals surface area contributed by atoms with Crippen LogP contribution in [0.3, 0.4) is 0 Å². The third-order valence-corrected chi connectivity index (χ3v) is 3.26. The highest BCUT2D eigenvalue weighted by Gasteiger charge is 2.37. The van der Waals surface area contributed by atoms with Gasteiger partial charge in [0.1, 0.15) is 12.4 Å². The maximum atomic E-state index is 12.1. The molecule has 0 aliphatic carbocycles. The molecule has 0 saturated carbocycles. The standard InChI is InChI=1S/C15H27NO4/c1-11(2)13-8-16(14(17)20-15(3,4)5)7-12(13)9-19-10-18-6/h12-13H,1,7-10H2,2-6H3/t12-,13+/m0/s1. The molecule has 1 rings (SSSR count). The summed E-state index contributed by atoms with van der Waals surface area (Å²) in [6.45, 7) is 13.7. The molecule has 1 amide bonds. The topological polar surface area (TPSA) is 48.0 Å². The predicted octanol–water partition coefficient (Wildman–Crippen LogP) is 2.67. The van der Waals surface area contributed by atoms with E-state index in [-0.39, 0.29) is 24.7 Å². The van der Waals surface area contributed by atoms with Gasteiger partial charge in [-0.3, -0.25) is 0 Å². The van der Waals surface area contributed by atoms with E-state index >= 15 is 0 Å². The summed E-state index contributed by atoms with van der Waals surface area (Å²) in [5.74, 6) is 0.495. The first kappa shape index (κ1) is 17.0. The Bertz CT molecular complexity index is 348. The van der Waals surface area contributed by atoms with Gasteiger partial charge in [0.05, 0.1) is 6.61 Å². The molecule has 116 valence electrons. The van der Waals surface area contributed by atoms with Crippen LogP contribution in [0.4, 0.5) is 4.79 Å². The van der Waals surface area contributed by atoms with Gasteiger partial charge >= 0.3 is 6.09 Å². The monoisotopic (exact) mass is 285 g/mol. The lowest BCUT2D eigenvalue weighted by molar-refractivity contribution is -0.0451. The average molecular weight is 285 g/mol. The van der Waals surface area contributed by atoms with Crippen LogP contribution >= 0.6 is 0 Å². The fourth-order valence-corrected chi connectivity index (χ4v) is 2.36. The number of carbonyl (C=O) groups excluding carboxylic acids is 1. The van der Waals surface area contributed by atoms with Gasteiger partial charge in [-0.05, 0) is 27.7 Å². The second-order valence-corrected chi connectivity index (χ2v) is 6.38. The lowest BCUT2D eigenvalue weighted by Gasteiger charge is -2.24. The summed E-state index contributed by atoms with van der Waals surface area (Å²) in [7, 11) is 1.60. The maximum Gasteiger partial charge on any atom is 0.410 e. The summed E-state index contributed by atoms with van der Waals surface area (Å²) in [5, 5.41) is 0. The van der Waals surface area contributed by atoms with Gasteiger partial charge in [0.15, 0.2) is 0 Å². The molecular formula is C15H27NO4. The third-order valence-electron chi connectivity index (χ3n) is 3.26. The van der Waals surface area contributed by atoms with Crippen molar-refractivity contribution in [2.24, 2.45) is 11.8 Å². The van der Waals surface area contributed by atoms with Crippen LogP contribution in [-0.2, 0) is 14.2 Å². The first-order valence-corrected chi connectivity index (χ1v) is 6.94. The molecular weight excluding hydrogens is 258 g/mol. The van der Waals surface area contributed by atoms with E-state index in [0.29, 0.717) is 19.7 Å². The van der Waals surface area contributed by atoms with E-state index in [1.54, 1.807) is 12.0 Å². The molecule has 5 heteroatoms. The van der Waals surface area contributed by atoms with Crippen LogP contribution in [0.5, 0.6) is 0 Å². The minimum Gasteiger partial charge on any atom is -0.444 e. The highest BCUT2D eigenvalue weighted by Crippen LogP contribution is 2.30. The lowest BCUT2D eigenvalue weighted by Crippen LogP contribution is -2.35. The summed E-state index contributed by atoms with van der Waals surface area (Å²) in [6.07, 6.45) is -0.266. The molecule has 0 radical (unpaired) electrons. The number of nitrogens with zero attached hydrogens (tertiary/aromatic N) is 1. The molecule has 0 aromatic heterocycles. The summed E-state index contributed by atoms with van der Waals surface area (Å²) in [6, 6.07) is 0. The normalized spacial score (nSPS) is 22.9. The van der Waals surface area contributed by atoms with Gasteiger partial charge in [0.25, 0.3) is 0 Å². The molecule has 0 aromatic rings. The molecule has 0 bridgehead atoms. The van der Waals surface area contributed by atoms with Crippen LogP contribution in [0, 0.1) is 11.8 Å². The van der Waals surface area contributed by atoms with Crippen LogP contribution in [0.25, 0.3) is 0 Å². The number of methoxy groups -OCH3 is 1. The molecule has 1 aliphatic heterocycles.